The number of aliphatic hydroxyl groups excluding tert-OH is 1. The minimum Gasteiger partial charge on any atom is -0.394 e. The van der Waals surface area contributed by atoms with Crippen molar-refractivity contribution in [1.29, 1.82) is 0 Å². The van der Waals surface area contributed by atoms with Crippen LogP contribution in [-0.4, -0.2) is 31.7 Å². The van der Waals surface area contributed by atoms with Crippen LogP contribution in [0.5, 0.6) is 0 Å². The lowest BCUT2D eigenvalue weighted by Gasteiger charge is -1.98. The molecule has 0 aliphatic heterocycles. The molecule has 0 aliphatic carbocycles. The van der Waals surface area contributed by atoms with Gasteiger partial charge in [-0.05, 0) is 6.07 Å². The van der Waals surface area contributed by atoms with E-state index >= 15 is 0 Å². The van der Waals surface area contributed by atoms with Gasteiger partial charge in [0, 0.05) is 6.20 Å². The highest BCUT2D eigenvalue weighted by molar-refractivity contribution is 5.59. The monoisotopic (exact) mass is 211 g/mol. The van der Waals surface area contributed by atoms with Gasteiger partial charge in [-0.3, -0.25) is 5.10 Å². The highest BCUT2D eigenvalue weighted by atomic mass is 19.1. The van der Waals surface area contributed by atoms with Crippen molar-refractivity contribution in [3.05, 3.63) is 18.1 Å². The summed E-state index contributed by atoms with van der Waals surface area (Å²) in [6.07, 6.45) is 1.50. The standard InChI is InChI=1S/C8H10FN5O/c9-6-7(5-1-2-11-12-5)13-14(3-4-15)8(6)10/h1-2,15H,3-4,10H2,(H,11,12). The topological polar surface area (TPSA) is 92.8 Å². The molecule has 2 heterocycles. The minimum absolute atomic E-state index is 0.0892. The van der Waals surface area contributed by atoms with E-state index in [-0.39, 0.29) is 24.7 Å². The number of nitrogens with one attached hydrogen (secondary N) is 1. The second-order valence-corrected chi connectivity index (χ2v) is 2.96. The number of aromatic nitrogens is 4. The Morgan fingerprint density at radius 3 is 3.00 bits per heavy atom. The van der Waals surface area contributed by atoms with Gasteiger partial charge in [-0.25, -0.2) is 9.07 Å². The van der Waals surface area contributed by atoms with Crippen LogP contribution < -0.4 is 5.73 Å². The first-order valence-corrected chi connectivity index (χ1v) is 4.36. The molecule has 0 saturated carbocycles. The molecule has 0 aromatic carbocycles. The second-order valence-electron chi connectivity index (χ2n) is 2.96. The number of nitrogen functional groups attached to an aromatic ring is 1. The van der Waals surface area contributed by atoms with E-state index in [0.29, 0.717) is 5.69 Å². The number of rotatable bonds is 3. The van der Waals surface area contributed by atoms with Gasteiger partial charge in [0.25, 0.3) is 0 Å². The summed E-state index contributed by atoms with van der Waals surface area (Å²) in [5, 5.41) is 18.9. The first kappa shape index (κ1) is 9.66. The summed E-state index contributed by atoms with van der Waals surface area (Å²) in [7, 11) is 0. The predicted molar refractivity (Wildman–Crippen MR) is 51.3 cm³/mol. The molecule has 0 fully saturated rings. The fourth-order valence-corrected chi connectivity index (χ4v) is 1.28. The molecule has 6 nitrogen and oxygen atoms in total. The number of hydrogen-bond donors (Lipinski definition) is 3. The average Bonchev–Trinajstić information content (AvgIpc) is 2.82. The van der Waals surface area contributed by atoms with Crippen LogP contribution in [-0.2, 0) is 6.54 Å². The van der Waals surface area contributed by atoms with Gasteiger partial charge in [-0.1, -0.05) is 0 Å². The summed E-state index contributed by atoms with van der Waals surface area (Å²) in [6, 6.07) is 1.59. The molecule has 0 radical (unpaired) electrons. The number of halogens is 1. The second kappa shape index (κ2) is 3.70. The number of aliphatic hydroxyl groups is 1. The Morgan fingerprint density at radius 2 is 2.40 bits per heavy atom. The molecule has 15 heavy (non-hydrogen) atoms. The van der Waals surface area contributed by atoms with Gasteiger partial charge in [0.15, 0.2) is 11.6 Å². The summed E-state index contributed by atoms with van der Waals surface area (Å²) < 4.78 is 14.8. The van der Waals surface area contributed by atoms with Gasteiger partial charge in [-0.15, -0.1) is 0 Å². The molecule has 7 heteroatoms. The Balaban J connectivity index is 2.45. The number of hydrogen-bond acceptors (Lipinski definition) is 4. The normalized spacial score (nSPS) is 10.8. The van der Waals surface area contributed by atoms with E-state index < -0.39 is 5.82 Å². The fraction of sp³-hybridized carbons (Fsp3) is 0.250. The molecule has 0 unspecified atom stereocenters. The van der Waals surface area contributed by atoms with Crippen molar-refractivity contribution in [2.45, 2.75) is 6.54 Å². The lowest BCUT2D eigenvalue weighted by Crippen LogP contribution is -2.07. The molecule has 0 bridgehead atoms. The van der Waals surface area contributed by atoms with Crippen molar-refractivity contribution in [1.82, 2.24) is 20.0 Å². The number of H-pyrrole nitrogens is 1. The van der Waals surface area contributed by atoms with Gasteiger partial charge >= 0.3 is 0 Å². The quantitative estimate of drug-likeness (QED) is 0.665. The molecule has 0 aliphatic rings. The van der Waals surface area contributed by atoms with Crippen LogP contribution in [0.15, 0.2) is 12.3 Å². The van der Waals surface area contributed by atoms with Crippen molar-refractivity contribution in [2.24, 2.45) is 0 Å². The zero-order valence-electron chi connectivity index (χ0n) is 7.81. The highest BCUT2D eigenvalue weighted by Crippen LogP contribution is 2.23. The first-order chi connectivity index (χ1) is 7.24. The van der Waals surface area contributed by atoms with Crippen molar-refractivity contribution >= 4 is 5.82 Å². The molecule has 0 spiro atoms. The lowest BCUT2D eigenvalue weighted by molar-refractivity contribution is 0.270. The van der Waals surface area contributed by atoms with Gasteiger partial charge in [0.2, 0.25) is 0 Å². The summed E-state index contributed by atoms with van der Waals surface area (Å²) in [4.78, 5) is 0. The maximum Gasteiger partial charge on any atom is 0.194 e. The third-order valence-electron chi connectivity index (χ3n) is 2.00. The van der Waals surface area contributed by atoms with E-state index in [1.807, 2.05) is 0 Å². The van der Waals surface area contributed by atoms with Crippen LogP contribution in [0.4, 0.5) is 10.2 Å². The Kier molecular flexibility index (Phi) is 2.38. The Morgan fingerprint density at radius 1 is 1.60 bits per heavy atom. The minimum atomic E-state index is -0.604. The van der Waals surface area contributed by atoms with Crippen molar-refractivity contribution in [2.75, 3.05) is 12.3 Å². The van der Waals surface area contributed by atoms with Gasteiger partial charge < -0.3 is 10.8 Å². The number of anilines is 1. The molecule has 2 rings (SSSR count). The number of nitrogens with two attached hydrogens (primary N) is 1. The third kappa shape index (κ3) is 1.57. The molecule has 80 valence electrons. The van der Waals surface area contributed by atoms with Crippen LogP contribution in [0.3, 0.4) is 0 Å². The highest BCUT2D eigenvalue weighted by Gasteiger charge is 2.17. The van der Waals surface area contributed by atoms with Crippen LogP contribution in [0.2, 0.25) is 0 Å². The smallest absolute Gasteiger partial charge is 0.194 e. The summed E-state index contributed by atoms with van der Waals surface area (Å²) in [5.41, 5.74) is 6.04. The maximum absolute atomic E-state index is 13.6. The van der Waals surface area contributed by atoms with Crippen molar-refractivity contribution < 1.29 is 9.50 Å². The van der Waals surface area contributed by atoms with Gasteiger partial charge in [-0.2, -0.15) is 10.2 Å². The molecular weight excluding hydrogens is 201 g/mol. The SMILES string of the molecule is Nc1c(F)c(-c2ccn[nH]2)nn1CCO. The van der Waals surface area contributed by atoms with E-state index in [2.05, 4.69) is 15.3 Å². The van der Waals surface area contributed by atoms with E-state index in [0.717, 1.165) is 0 Å². The van der Waals surface area contributed by atoms with E-state index in [1.54, 1.807) is 6.07 Å². The molecule has 2 aromatic heterocycles. The number of aromatic amines is 1. The Labute approximate surface area is 84.5 Å². The van der Waals surface area contributed by atoms with Crippen molar-refractivity contribution in [3.63, 3.8) is 0 Å². The van der Waals surface area contributed by atoms with Gasteiger partial charge in [0.1, 0.15) is 5.69 Å². The zero-order chi connectivity index (χ0) is 10.8. The molecule has 0 saturated heterocycles. The summed E-state index contributed by atoms with van der Waals surface area (Å²) in [6.45, 7) is 0.0185. The zero-order valence-corrected chi connectivity index (χ0v) is 7.81. The van der Waals surface area contributed by atoms with Crippen molar-refractivity contribution in [3.8, 4) is 11.4 Å². The molecular formula is C8H10FN5O. The van der Waals surface area contributed by atoms with E-state index in [1.165, 1.54) is 10.9 Å². The molecule has 0 atom stereocenters. The first-order valence-electron chi connectivity index (χ1n) is 4.36. The van der Waals surface area contributed by atoms with Crippen LogP contribution in [0, 0.1) is 5.82 Å². The predicted octanol–water partition coefficient (Wildman–Crippen LogP) is -0.0132. The molecule has 4 N–H and O–H groups in total. The Hall–Kier alpha value is -1.89. The molecule has 2 aromatic rings. The summed E-state index contributed by atoms with van der Waals surface area (Å²) >= 11 is 0. The number of nitrogens with zero attached hydrogens (tertiary/aromatic N) is 3. The van der Waals surface area contributed by atoms with E-state index in [4.69, 9.17) is 10.8 Å². The summed E-state index contributed by atoms with van der Waals surface area (Å²) in [5.74, 6) is -0.693. The maximum atomic E-state index is 13.6. The Bertz CT molecular complexity index is 450. The van der Waals surface area contributed by atoms with Crippen LogP contribution in [0.25, 0.3) is 11.4 Å². The third-order valence-corrected chi connectivity index (χ3v) is 2.00. The van der Waals surface area contributed by atoms with E-state index in [9.17, 15) is 4.39 Å². The van der Waals surface area contributed by atoms with Crippen LogP contribution in [0.1, 0.15) is 0 Å². The average molecular weight is 211 g/mol. The molecule has 0 amide bonds. The lowest BCUT2D eigenvalue weighted by atomic mass is 10.3. The van der Waals surface area contributed by atoms with Crippen LogP contribution >= 0.6 is 0 Å². The fourth-order valence-electron chi connectivity index (χ4n) is 1.28. The largest absolute Gasteiger partial charge is 0.394 e. The van der Waals surface area contributed by atoms with Gasteiger partial charge in [0.05, 0.1) is 18.8 Å².